The summed E-state index contributed by atoms with van der Waals surface area (Å²) in [4.78, 5) is 28.9. The van der Waals surface area contributed by atoms with Crippen LogP contribution in [0.2, 0.25) is 0 Å². The van der Waals surface area contributed by atoms with E-state index in [4.69, 9.17) is 4.74 Å². The number of hydrogen-bond donors (Lipinski definition) is 1. The Labute approximate surface area is 161 Å². The molecular weight excluding hydrogens is 364 g/mol. The van der Waals surface area contributed by atoms with Gasteiger partial charge in [-0.3, -0.25) is 14.3 Å². The Hall–Kier alpha value is -2.74. The van der Waals surface area contributed by atoms with Crippen LogP contribution in [0.5, 0.6) is 0 Å². The molecule has 1 N–H and O–H groups in total. The Morgan fingerprint density at radius 3 is 2.70 bits per heavy atom. The van der Waals surface area contributed by atoms with Crippen molar-refractivity contribution in [3.8, 4) is 0 Å². The first-order chi connectivity index (χ1) is 12.8. The molecule has 3 aromatic rings. The topological polar surface area (TPSA) is 86.1 Å². The summed E-state index contributed by atoms with van der Waals surface area (Å²) in [6, 6.07) is 7.85. The van der Waals surface area contributed by atoms with E-state index in [9.17, 15) is 9.59 Å². The molecule has 0 aliphatic carbocycles. The van der Waals surface area contributed by atoms with Gasteiger partial charge >= 0.3 is 5.97 Å². The van der Waals surface area contributed by atoms with E-state index in [2.05, 4.69) is 15.4 Å². The molecule has 0 unspecified atom stereocenters. The number of anilines is 1. The van der Waals surface area contributed by atoms with Gasteiger partial charge in [-0.15, -0.1) is 11.3 Å². The van der Waals surface area contributed by atoms with E-state index in [1.807, 2.05) is 45.2 Å². The first kappa shape index (κ1) is 19.0. The zero-order valence-corrected chi connectivity index (χ0v) is 16.6. The first-order valence-corrected chi connectivity index (χ1v) is 9.51. The number of ether oxygens (including phenoxy) is 1. The van der Waals surface area contributed by atoms with Crippen molar-refractivity contribution in [1.29, 1.82) is 0 Å². The number of rotatable bonds is 6. The number of aryl methyl sites for hydroxylation is 3. The van der Waals surface area contributed by atoms with Crippen LogP contribution >= 0.6 is 11.3 Å². The minimum Gasteiger partial charge on any atom is -0.453 e. The Bertz CT molecular complexity index is 959. The highest BCUT2D eigenvalue weighted by Gasteiger charge is 2.21. The van der Waals surface area contributed by atoms with E-state index in [0.29, 0.717) is 12.1 Å². The normalized spacial score (nSPS) is 12.1. The summed E-state index contributed by atoms with van der Waals surface area (Å²) in [5.41, 5.74) is 3.15. The molecule has 7 nitrogen and oxygen atoms in total. The van der Waals surface area contributed by atoms with Crippen molar-refractivity contribution < 1.29 is 14.3 Å². The number of carbonyl (C=O) groups is 2. The van der Waals surface area contributed by atoms with Gasteiger partial charge in [0.2, 0.25) is 0 Å². The molecule has 0 aliphatic heterocycles. The maximum atomic E-state index is 12.3. The highest BCUT2D eigenvalue weighted by Crippen LogP contribution is 2.23. The largest absolute Gasteiger partial charge is 0.453 e. The maximum Gasteiger partial charge on any atom is 0.306 e. The average molecular weight is 386 g/mol. The van der Waals surface area contributed by atoms with Gasteiger partial charge in [0, 0.05) is 13.5 Å². The number of carbonyl (C=O) groups excluding carboxylic acids is 2. The lowest BCUT2D eigenvalue weighted by Gasteiger charge is -2.13. The Balaban J connectivity index is 1.52. The van der Waals surface area contributed by atoms with E-state index in [0.717, 1.165) is 26.6 Å². The number of benzene rings is 1. The molecule has 1 amide bonds. The monoisotopic (exact) mass is 386 g/mol. The quantitative estimate of drug-likeness (QED) is 0.658. The van der Waals surface area contributed by atoms with Crippen LogP contribution < -0.4 is 5.32 Å². The van der Waals surface area contributed by atoms with E-state index in [1.54, 1.807) is 22.9 Å². The molecule has 3 rings (SSSR count). The highest BCUT2D eigenvalue weighted by molar-refractivity contribution is 7.18. The minimum absolute atomic E-state index is 0.183. The molecule has 142 valence electrons. The summed E-state index contributed by atoms with van der Waals surface area (Å²) in [6.45, 7) is 5.24. The zero-order valence-electron chi connectivity index (χ0n) is 15.8. The second kappa shape index (κ2) is 7.87. The number of aromatic nitrogens is 3. The number of nitrogens with zero attached hydrogens (tertiary/aromatic N) is 3. The van der Waals surface area contributed by atoms with Crippen molar-refractivity contribution in [3.05, 3.63) is 40.7 Å². The predicted octanol–water partition coefficient (Wildman–Crippen LogP) is 3.15. The lowest BCUT2D eigenvalue weighted by Crippen LogP contribution is -2.30. The molecular formula is C19H22N4O3S. The van der Waals surface area contributed by atoms with Gasteiger partial charge in [0.05, 0.1) is 38.7 Å². The van der Waals surface area contributed by atoms with Crippen molar-refractivity contribution in [2.24, 2.45) is 7.05 Å². The fourth-order valence-electron chi connectivity index (χ4n) is 2.72. The van der Waals surface area contributed by atoms with Gasteiger partial charge in [-0.25, -0.2) is 4.98 Å². The fraction of sp³-hybridized carbons (Fsp3) is 0.368. The Morgan fingerprint density at radius 1 is 1.30 bits per heavy atom. The molecule has 1 aromatic carbocycles. The van der Waals surface area contributed by atoms with E-state index in [1.165, 1.54) is 0 Å². The summed E-state index contributed by atoms with van der Waals surface area (Å²) in [5, 5.41) is 7.92. The molecule has 2 aromatic heterocycles. The van der Waals surface area contributed by atoms with Crippen molar-refractivity contribution in [2.45, 2.75) is 39.7 Å². The number of nitrogens with one attached hydrogen (secondary N) is 1. The van der Waals surface area contributed by atoms with Gasteiger partial charge in [-0.05, 0) is 32.9 Å². The smallest absolute Gasteiger partial charge is 0.306 e. The number of fused-ring (bicyclic) bond motifs is 1. The molecule has 0 fully saturated rings. The van der Waals surface area contributed by atoms with Crippen LogP contribution in [-0.2, 0) is 27.8 Å². The van der Waals surface area contributed by atoms with E-state index < -0.39 is 12.1 Å². The minimum atomic E-state index is -0.883. The van der Waals surface area contributed by atoms with Crippen LogP contribution in [0.25, 0.3) is 10.2 Å². The Morgan fingerprint density at radius 2 is 2.04 bits per heavy atom. The summed E-state index contributed by atoms with van der Waals surface area (Å²) in [6.07, 6.45) is -0.206. The standard InChI is InChI=1S/C19H22N4O3S/c1-11-18(12(2)23(4)22-11)21-19(25)13(3)26-17(24)10-9-16-20-14-7-5-6-8-15(14)27-16/h5-8,13H,9-10H2,1-4H3,(H,21,25)/t13-/m0/s1. The molecule has 2 heterocycles. The van der Waals surface area contributed by atoms with Crippen LogP contribution in [0.1, 0.15) is 29.7 Å². The third kappa shape index (κ3) is 4.33. The van der Waals surface area contributed by atoms with E-state index >= 15 is 0 Å². The van der Waals surface area contributed by atoms with Crippen LogP contribution in [0.3, 0.4) is 0 Å². The molecule has 27 heavy (non-hydrogen) atoms. The maximum absolute atomic E-state index is 12.3. The van der Waals surface area contributed by atoms with Crippen LogP contribution in [0.4, 0.5) is 5.69 Å². The molecule has 0 saturated heterocycles. The predicted molar refractivity (Wildman–Crippen MR) is 105 cm³/mol. The van der Waals surface area contributed by atoms with Crippen molar-refractivity contribution in [1.82, 2.24) is 14.8 Å². The molecule has 0 aliphatic rings. The highest BCUT2D eigenvalue weighted by atomic mass is 32.1. The summed E-state index contributed by atoms with van der Waals surface area (Å²) in [7, 11) is 1.81. The molecule has 0 saturated carbocycles. The summed E-state index contributed by atoms with van der Waals surface area (Å²) in [5.74, 6) is -0.793. The number of para-hydroxylation sites is 1. The summed E-state index contributed by atoms with van der Waals surface area (Å²) < 4.78 is 8.05. The Kier molecular flexibility index (Phi) is 5.55. The van der Waals surface area contributed by atoms with Gasteiger partial charge in [0.25, 0.3) is 5.91 Å². The molecule has 0 bridgehead atoms. The van der Waals surface area contributed by atoms with Crippen LogP contribution in [-0.4, -0.2) is 32.7 Å². The number of amides is 1. The van der Waals surface area contributed by atoms with Crippen molar-refractivity contribution >= 4 is 39.1 Å². The lowest BCUT2D eigenvalue weighted by molar-refractivity contribution is -0.153. The fourth-order valence-corrected chi connectivity index (χ4v) is 3.69. The zero-order chi connectivity index (χ0) is 19.6. The van der Waals surface area contributed by atoms with Gasteiger partial charge in [0.1, 0.15) is 0 Å². The second-order valence-electron chi connectivity index (χ2n) is 6.37. The summed E-state index contributed by atoms with van der Waals surface area (Å²) >= 11 is 1.56. The molecule has 0 radical (unpaired) electrons. The number of esters is 1. The molecule has 1 atom stereocenters. The third-order valence-electron chi connectivity index (χ3n) is 4.32. The lowest BCUT2D eigenvalue weighted by atomic mass is 10.2. The average Bonchev–Trinajstić information content (AvgIpc) is 3.15. The van der Waals surface area contributed by atoms with Gasteiger partial charge in [0.15, 0.2) is 6.10 Å². The first-order valence-electron chi connectivity index (χ1n) is 8.70. The van der Waals surface area contributed by atoms with Crippen LogP contribution in [0, 0.1) is 13.8 Å². The van der Waals surface area contributed by atoms with Gasteiger partial charge < -0.3 is 10.1 Å². The molecule has 8 heteroatoms. The van der Waals surface area contributed by atoms with Crippen molar-refractivity contribution in [2.75, 3.05) is 5.32 Å². The second-order valence-corrected chi connectivity index (χ2v) is 7.48. The van der Waals surface area contributed by atoms with Gasteiger partial charge in [-0.2, -0.15) is 5.10 Å². The molecule has 0 spiro atoms. The van der Waals surface area contributed by atoms with Gasteiger partial charge in [-0.1, -0.05) is 12.1 Å². The van der Waals surface area contributed by atoms with Crippen molar-refractivity contribution in [3.63, 3.8) is 0 Å². The number of thiazole rings is 1. The third-order valence-corrected chi connectivity index (χ3v) is 5.41. The SMILES string of the molecule is Cc1nn(C)c(C)c1NC(=O)[C@H](C)OC(=O)CCc1nc2ccccc2s1. The number of hydrogen-bond acceptors (Lipinski definition) is 6. The van der Waals surface area contributed by atoms with E-state index in [-0.39, 0.29) is 12.3 Å². The van der Waals surface area contributed by atoms with Crippen LogP contribution in [0.15, 0.2) is 24.3 Å².